The van der Waals surface area contributed by atoms with Crippen LogP contribution in [0, 0.1) is 5.82 Å². The van der Waals surface area contributed by atoms with Crippen molar-refractivity contribution in [2.24, 2.45) is 0 Å². The highest BCUT2D eigenvalue weighted by atomic mass is 19.1. The van der Waals surface area contributed by atoms with Crippen LogP contribution in [-0.2, 0) is 4.79 Å². The van der Waals surface area contributed by atoms with Crippen LogP contribution in [0.4, 0.5) is 15.8 Å². The fraction of sp³-hybridized carbons (Fsp3) is 0.391. The van der Waals surface area contributed by atoms with Crippen molar-refractivity contribution in [3.05, 3.63) is 59.4 Å². The molecule has 0 spiro atoms. The maximum Gasteiger partial charge on any atom is 0.243 e. The number of para-hydroxylation sites is 1. The van der Waals surface area contributed by atoms with Gasteiger partial charge in [-0.2, -0.15) is 0 Å². The summed E-state index contributed by atoms with van der Waals surface area (Å²) in [6.45, 7) is 3.25. The van der Waals surface area contributed by atoms with Gasteiger partial charge in [0.2, 0.25) is 5.91 Å². The fourth-order valence-electron chi connectivity index (χ4n) is 5.12. The largest absolute Gasteiger partial charge is 0.357 e. The molecule has 1 N–H and O–H groups in total. The summed E-state index contributed by atoms with van der Waals surface area (Å²) < 4.78 is 13.0. The number of fused-ring (bicyclic) bond motifs is 3. The SMILES string of the molecule is O=C1CN2c3c(cccc3[C@@H]3CN(CCCC(=O)c4ccc(F)cc4)CC[C@@H]32)N1. The molecule has 29 heavy (non-hydrogen) atoms. The van der Waals surface area contributed by atoms with E-state index in [-0.39, 0.29) is 17.5 Å². The Morgan fingerprint density at radius 2 is 2.00 bits per heavy atom. The van der Waals surface area contributed by atoms with Gasteiger partial charge in [-0.1, -0.05) is 12.1 Å². The Morgan fingerprint density at radius 3 is 2.83 bits per heavy atom. The highest BCUT2D eigenvalue weighted by molar-refractivity contribution is 6.03. The van der Waals surface area contributed by atoms with Crippen molar-refractivity contribution in [1.82, 2.24) is 4.90 Å². The second-order valence-corrected chi connectivity index (χ2v) is 8.22. The Bertz CT molecular complexity index is 959. The third-order valence-electron chi connectivity index (χ3n) is 6.45. The Kier molecular flexibility index (Phi) is 4.59. The summed E-state index contributed by atoms with van der Waals surface area (Å²) in [5.41, 5.74) is 4.05. The number of hydrogen-bond acceptors (Lipinski definition) is 4. The topological polar surface area (TPSA) is 52.7 Å². The van der Waals surface area contributed by atoms with Crippen molar-refractivity contribution in [2.45, 2.75) is 31.2 Å². The zero-order valence-electron chi connectivity index (χ0n) is 16.2. The molecule has 6 heteroatoms. The number of halogens is 1. The third-order valence-corrected chi connectivity index (χ3v) is 6.45. The first-order chi connectivity index (χ1) is 14.1. The van der Waals surface area contributed by atoms with Gasteiger partial charge in [0.1, 0.15) is 5.82 Å². The average molecular weight is 393 g/mol. The van der Waals surface area contributed by atoms with Gasteiger partial charge in [-0.15, -0.1) is 0 Å². The predicted octanol–water partition coefficient (Wildman–Crippen LogP) is 3.42. The second-order valence-electron chi connectivity index (χ2n) is 8.22. The lowest BCUT2D eigenvalue weighted by Crippen LogP contribution is -2.49. The van der Waals surface area contributed by atoms with Crippen LogP contribution in [0.15, 0.2) is 42.5 Å². The maximum atomic E-state index is 13.0. The van der Waals surface area contributed by atoms with Crippen LogP contribution in [0.3, 0.4) is 0 Å². The molecule has 2 atom stereocenters. The lowest BCUT2D eigenvalue weighted by Gasteiger charge is -2.39. The van der Waals surface area contributed by atoms with Gasteiger partial charge < -0.3 is 15.1 Å². The molecule has 3 heterocycles. The number of likely N-dealkylation sites (tertiary alicyclic amines) is 1. The number of rotatable bonds is 5. The molecule has 0 radical (unpaired) electrons. The van der Waals surface area contributed by atoms with E-state index >= 15 is 0 Å². The third kappa shape index (κ3) is 3.31. The Balaban J connectivity index is 1.22. The van der Waals surface area contributed by atoms with Gasteiger partial charge in [0.15, 0.2) is 5.78 Å². The molecule has 2 aromatic carbocycles. The summed E-state index contributed by atoms with van der Waals surface area (Å²) in [6.07, 6.45) is 2.30. The molecule has 2 aromatic rings. The fourth-order valence-corrected chi connectivity index (χ4v) is 5.12. The first-order valence-electron chi connectivity index (χ1n) is 10.3. The number of anilines is 2. The van der Waals surface area contributed by atoms with Crippen LogP contribution >= 0.6 is 0 Å². The maximum absolute atomic E-state index is 13.0. The standard InChI is InChI=1S/C23H24FN3O2/c24-16-8-6-15(7-9-16)21(28)5-2-11-26-12-10-20-18(13-26)17-3-1-4-19-23(17)27(20)14-22(29)25-19/h1,3-4,6-9,18,20H,2,5,10-14H2,(H,25,29)/t18-,20-/m0/s1. The molecule has 0 bridgehead atoms. The van der Waals surface area contributed by atoms with E-state index < -0.39 is 0 Å². The van der Waals surface area contributed by atoms with Gasteiger partial charge in [0, 0.05) is 37.0 Å². The lowest BCUT2D eigenvalue weighted by molar-refractivity contribution is -0.115. The van der Waals surface area contributed by atoms with Crippen LogP contribution in [0.1, 0.15) is 41.1 Å². The molecule has 1 amide bonds. The van der Waals surface area contributed by atoms with Crippen LogP contribution in [0.2, 0.25) is 0 Å². The van der Waals surface area contributed by atoms with E-state index in [1.807, 2.05) is 12.1 Å². The molecule has 0 aromatic heterocycles. The number of Topliss-reactive ketones (excluding diaryl/α,β-unsaturated/α-hetero) is 1. The van der Waals surface area contributed by atoms with Crippen molar-refractivity contribution in [3.8, 4) is 0 Å². The summed E-state index contributed by atoms with van der Waals surface area (Å²) in [4.78, 5) is 29.1. The number of piperidine rings is 1. The predicted molar refractivity (Wildman–Crippen MR) is 110 cm³/mol. The minimum atomic E-state index is -0.320. The lowest BCUT2D eigenvalue weighted by atomic mass is 9.89. The number of amides is 1. The summed E-state index contributed by atoms with van der Waals surface area (Å²) in [7, 11) is 0. The summed E-state index contributed by atoms with van der Waals surface area (Å²) in [5, 5.41) is 3.00. The monoisotopic (exact) mass is 393 g/mol. The molecule has 0 saturated carbocycles. The first-order valence-corrected chi connectivity index (χ1v) is 10.3. The highest BCUT2D eigenvalue weighted by Gasteiger charge is 2.44. The van der Waals surface area contributed by atoms with E-state index in [4.69, 9.17) is 0 Å². The number of benzene rings is 2. The van der Waals surface area contributed by atoms with Crippen molar-refractivity contribution < 1.29 is 14.0 Å². The van der Waals surface area contributed by atoms with Crippen LogP contribution in [-0.4, -0.2) is 48.8 Å². The molecule has 3 aliphatic heterocycles. The molecular weight excluding hydrogens is 369 g/mol. The van der Waals surface area contributed by atoms with Crippen LogP contribution in [0.5, 0.6) is 0 Å². The smallest absolute Gasteiger partial charge is 0.243 e. The first kappa shape index (κ1) is 18.3. The van der Waals surface area contributed by atoms with E-state index in [9.17, 15) is 14.0 Å². The summed E-state index contributed by atoms with van der Waals surface area (Å²) in [6, 6.07) is 12.4. The summed E-state index contributed by atoms with van der Waals surface area (Å²) >= 11 is 0. The number of carbonyl (C=O) groups excluding carboxylic acids is 2. The Labute approximate surface area is 169 Å². The number of carbonyl (C=O) groups is 2. The Hall–Kier alpha value is -2.73. The normalized spacial score (nSPS) is 22.8. The summed E-state index contributed by atoms with van der Waals surface area (Å²) in [5.74, 6) is 0.216. The van der Waals surface area contributed by atoms with E-state index in [1.54, 1.807) is 12.1 Å². The second kappa shape index (κ2) is 7.26. The van der Waals surface area contributed by atoms with E-state index in [0.717, 1.165) is 38.2 Å². The van der Waals surface area contributed by atoms with Crippen LogP contribution in [0.25, 0.3) is 0 Å². The van der Waals surface area contributed by atoms with Crippen molar-refractivity contribution in [1.29, 1.82) is 0 Å². The quantitative estimate of drug-likeness (QED) is 0.791. The number of ketones is 1. The molecule has 5 nitrogen and oxygen atoms in total. The van der Waals surface area contributed by atoms with Gasteiger partial charge in [-0.05, 0) is 55.3 Å². The molecule has 150 valence electrons. The molecule has 0 aliphatic carbocycles. The van der Waals surface area contributed by atoms with E-state index in [1.165, 1.54) is 23.4 Å². The number of hydrogen-bond donors (Lipinski definition) is 1. The highest BCUT2D eigenvalue weighted by Crippen LogP contribution is 2.49. The minimum absolute atomic E-state index is 0.0667. The van der Waals surface area contributed by atoms with Gasteiger partial charge in [0.05, 0.1) is 17.9 Å². The minimum Gasteiger partial charge on any atom is -0.357 e. The van der Waals surface area contributed by atoms with Gasteiger partial charge in [-0.25, -0.2) is 4.39 Å². The number of nitrogens with one attached hydrogen (secondary N) is 1. The van der Waals surface area contributed by atoms with Crippen molar-refractivity contribution >= 4 is 23.1 Å². The zero-order chi connectivity index (χ0) is 20.0. The molecular formula is C23H24FN3O2. The Morgan fingerprint density at radius 1 is 1.17 bits per heavy atom. The van der Waals surface area contributed by atoms with Crippen molar-refractivity contribution in [2.75, 3.05) is 36.4 Å². The molecule has 5 rings (SSSR count). The van der Waals surface area contributed by atoms with Gasteiger partial charge in [0.25, 0.3) is 0 Å². The zero-order valence-corrected chi connectivity index (χ0v) is 16.2. The van der Waals surface area contributed by atoms with E-state index in [0.29, 0.717) is 30.5 Å². The average Bonchev–Trinajstić information content (AvgIpc) is 3.03. The molecule has 0 unspecified atom stereocenters. The molecule has 1 fully saturated rings. The van der Waals surface area contributed by atoms with Gasteiger partial charge >= 0.3 is 0 Å². The van der Waals surface area contributed by atoms with Gasteiger partial charge in [-0.3, -0.25) is 9.59 Å². The van der Waals surface area contributed by atoms with E-state index in [2.05, 4.69) is 21.2 Å². The molecule has 1 saturated heterocycles. The number of nitrogens with zero attached hydrogens (tertiary/aromatic N) is 2. The van der Waals surface area contributed by atoms with Crippen LogP contribution < -0.4 is 10.2 Å². The molecule has 3 aliphatic rings. The van der Waals surface area contributed by atoms with Crippen molar-refractivity contribution in [3.63, 3.8) is 0 Å².